The van der Waals surface area contributed by atoms with Gasteiger partial charge in [0.2, 0.25) is 12.7 Å². The van der Waals surface area contributed by atoms with Crippen LogP contribution in [-0.4, -0.2) is 41.0 Å². The number of hydrogen-bond acceptors (Lipinski definition) is 7. The van der Waals surface area contributed by atoms with Crippen molar-refractivity contribution in [2.45, 2.75) is 13.3 Å². The van der Waals surface area contributed by atoms with Gasteiger partial charge in [-0.3, -0.25) is 19.7 Å². The lowest BCUT2D eigenvalue weighted by atomic mass is 10.1. The van der Waals surface area contributed by atoms with Gasteiger partial charge in [-0.15, -0.1) is 0 Å². The SMILES string of the molecule is CCc1ccccc1NC(=O)CN1C(=O)N/C(=C\c2cc3c(cc2[N+](=O)[O-])OCO3)C1=O. The normalized spacial score (nSPS) is 15.8. The summed E-state index contributed by atoms with van der Waals surface area (Å²) in [5.74, 6) is -0.832. The molecule has 2 aromatic rings. The van der Waals surface area contributed by atoms with Gasteiger partial charge in [-0.1, -0.05) is 25.1 Å². The molecule has 0 aromatic heterocycles. The second kappa shape index (κ2) is 8.38. The average molecular weight is 438 g/mol. The van der Waals surface area contributed by atoms with Gasteiger partial charge in [0.25, 0.3) is 11.6 Å². The number of nitro groups is 1. The first kappa shape index (κ1) is 20.8. The van der Waals surface area contributed by atoms with Gasteiger partial charge in [-0.05, 0) is 30.2 Å². The maximum absolute atomic E-state index is 12.7. The first-order chi connectivity index (χ1) is 15.4. The maximum Gasteiger partial charge on any atom is 0.329 e. The summed E-state index contributed by atoms with van der Waals surface area (Å²) in [6, 6.07) is 8.94. The molecule has 0 unspecified atom stereocenters. The molecule has 1 saturated heterocycles. The summed E-state index contributed by atoms with van der Waals surface area (Å²) in [5, 5.41) is 16.5. The van der Waals surface area contributed by atoms with Crippen LogP contribution in [-0.2, 0) is 16.0 Å². The molecule has 2 heterocycles. The lowest BCUT2D eigenvalue weighted by Gasteiger charge is -2.13. The van der Waals surface area contributed by atoms with Crippen molar-refractivity contribution >= 4 is 35.3 Å². The zero-order valence-corrected chi connectivity index (χ0v) is 16.9. The van der Waals surface area contributed by atoms with Gasteiger partial charge in [0.1, 0.15) is 12.2 Å². The Bertz CT molecular complexity index is 1170. The molecule has 11 nitrogen and oxygen atoms in total. The fourth-order valence-corrected chi connectivity index (χ4v) is 3.38. The second-order valence-electron chi connectivity index (χ2n) is 6.96. The number of carbonyl (C=O) groups excluding carboxylic acids is 3. The van der Waals surface area contributed by atoms with Gasteiger partial charge in [-0.2, -0.15) is 0 Å². The Balaban J connectivity index is 1.54. The highest BCUT2D eigenvalue weighted by atomic mass is 16.7. The van der Waals surface area contributed by atoms with Crippen LogP contribution in [0, 0.1) is 10.1 Å². The van der Waals surface area contributed by atoms with Crippen LogP contribution in [0.25, 0.3) is 6.08 Å². The summed E-state index contributed by atoms with van der Waals surface area (Å²) in [7, 11) is 0. The highest BCUT2D eigenvalue weighted by Gasteiger charge is 2.36. The van der Waals surface area contributed by atoms with E-state index in [1.165, 1.54) is 18.2 Å². The predicted molar refractivity (Wildman–Crippen MR) is 112 cm³/mol. The van der Waals surface area contributed by atoms with E-state index in [-0.39, 0.29) is 35.2 Å². The Morgan fingerprint density at radius 3 is 2.69 bits per heavy atom. The van der Waals surface area contributed by atoms with E-state index in [1.54, 1.807) is 12.1 Å². The molecule has 2 N–H and O–H groups in total. The number of ether oxygens (including phenoxy) is 2. The van der Waals surface area contributed by atoms with Crippen LogP contribution < -0.4 is 20.1 Å². The number of rotatable bonds is 6. The highest BCUT2D eigenvalue weighted by Crippen LogP contribution is 2.38. The lowest BCUT2D eigenvalue weighted by Crippen LogP contribution is -2.38. The van der Waals surface area contributed by atoms with E-state index in [0.29, 0.717) is 12.1 Å². The molecular formula is C21H18N4O7. The molecule has 0 radical (unpaired) electrons. The number of urea groups is 1. The number of amides is 4. The van der Waals surface area contributed by atoms with Crippen LogP contribution >= 0.6 is 0 Å². The number of anilines is 1. The van der Waals surface area contributed by atoms with Gasteiger partial charge in [0.05, 0.1) is 16.6 Å². The van der Waals surface area contributed by atoms with Gasteiger partial charge in [0, 0.05) is 5.69 Å². The number of imide groups is 1. The topological polar surface area (TPSA) is 140 Å². The Kier molecular flexibility index (Phi) is 5.46. The number of nitrogens with one attached hydrogen (secondary N) is 2. The smallest absolute Gasteiger partial charge is 0.329 e. The first-order valence-electron chi connectivity index (χ1n) is 9.67. The van der Waals surface area contributed by atoms with Crippen molar-refractivity contribution in [2.24, 2.45) is 0 Å². The first-order valence-corrected chi connectivity index (χ1v) is 9.67. The monoisotopic (exact) mass is 438 g/mol. The van der Waals surface area contributed by atoms with Gasteiger partial charge in [0.15, 0.2) is 11.5 Å². The molecule has 2 aliphatic rings. The van der Waals surface area contributed by atoms with Crippen molar-refractivity contribution < 1.29 is 28.8 Å². The zero-order chi connectivity index (χ0) is 22.8. The molecule has 4 rings (SSSR count). The largest absolute Gasteiger partial charge is 0.454 e. The fraction of sp³-hybridized carbons (Fsp3) is 0.190. The van der Waals surface area contributed by atoms with Crippen LogP contribution in [0.15, 0.2) is 42.1 Å². The third-order valence-electron chi connectivity index (χ3n) is 4.95. The molecule has 32 heavy (non-hydrogen) atoms. The number of nitrogens with zero attached hydrogens (tertiary/aromatic N) is 2. The number of carbonyl (C=O) groups is 3. The van der Waals surface area contributed by atoms with Gasteiger partial charge >= 0.3 is 6.03 Å². The van der Waals surface area contributed by atoms with E-state index in [2.05, 4.69) is 10.6 Å². The van der Waals surface area contributed by atoms with Crippen molar-refractivity contribution in [1.29, 1.82) is 0 Å². The number of benzene rings is 2. The third kappa shape index (κ3) is 3.95. The van der Waals surface area contributed by atoms with E-state index in [4.69, 9.17) is 9.47 Å². The maximum atomic E-state index is 12.7. The molecule has 0 spiro atoms. The van der Waals surface area contributed by atoms with Crippen molar-refractivity contribution in [1.82, 2.24) is 10.2 Å². The number of hydrogen-bond donors (Lipinski definition) is 2. The fourth-order valence-electron chi connectivity index (χ4n) is 3.38. The molecule has 0 bridgehead atoms. The van der Waals surface area contributed by atoms with Crippen molar-refractivity contribution in [3.05, 3.63) is 63.3 Å². The molecule has 164 valence electrons. The Morgan fingerprint density at radius 1 is 1.25 bits per heavy atom. The van der Waals surface area contributed by atoms with E-state index >= 15 is 0 Å². The molecule has 1 fully saturated rings. The molecule has 11 heteroatoms. The van der Waals surface area contributed by atoms with E-state index in [0.717, 1.165) is 10.5 Å². The van der Waals surface area contributed by atoms with Gasteiger partial charge in [-0.25, -0.2) is 9.69 Å². The Labute approximate surface area is 181 Å². The molecule has 4 amide bonds. The summed E-state index contributed by atoms with van der Waals surface area (Å²) in [5.41, 5.74) is 1.04. The van der Waals surface area contributed by atoms with Crippen LogP contribution in [0.5, 0.6) is 11.5 Å². The standard InChI is InChI=1S/C21H18N4O7/c1-2-12-5-3-4-6-14(12)22-19(26)10-24-20(27)15(23-21(24)28)7-13-8-17-18(32-11-31-17)9-16(13)25(29)30/h3-9H,2,10-11H2,1H3,(H,22,26)(H,23,28)/b15-7-. The predicted octanol–water partition coefficient (Wildman–Crippen LogP) is 2.42. The number of fused-ring (bicyclic) bond motifs is 1. The van der Waals surface area contributed by atoms with Crippen molar-refractivity contribution in [3.63, 3.8) is 0 Å². The zero-order valence-electron chi connectivity index (χ0n) is 16.9. The minimum absolute atomic E-state index is 0.0473. The summed E-state index contributed by atoms with van der Waals surface area (Å²) < 4.78 is 10.4. The van der Waals surface area contributed by atoms with Crippen LogP contribution in [0.2, 0.25) is 0 Å². The molecular weight excluding hydrogens is 420 g/mol. The average Bonchev–Trinajstić information content (AvgIpc) is 3.33. The number of nitro benzene ring substituents is 1. The van der Waals surface area contributed by atoms with E-state index in [1.807, 2.05) is 19.1 Å². The minimum atomic E-state index is -0.802. The highest BCUT2D eigenvalue weighted by molar-refractivity contribution is 6.16. The summed E-state index contributed by atoms with van der Waals surface area (Å²) in [6.45, 7) is 1.35. The number of para-hydroxylation sites is 1. The van der Waals surface area contributed by atoms with Crippen molar-refractivity contribution in [2.75, 3.05) is 18.7 Å². The quantitative estimate of drug-likeness (QED) is 0.305. The van der Waals surface area contributed by atoms with Crippen LogP contribution in [0.3, 0.4) is 0 Å². The van der Waals surface area contributed by atoms with Crippen LogP contribution in [0.4, 0.5) is 16.2 Å². The molecule has 0 saturated carbocycles. The molecule has 2 aromatic carbocycles. The lowest BCUT2D eigenvalue weighted by molar-refractivity contribution is -0.385. The summed E-state index contributed by atoms with van der Waals surface area (Å²) in [4.78, 5) is 49.0. The minimum Gasteiger partial charge on any atom is -0.454 e. The molecule has 0 atom stereocenters. The third-order valence-corrected chi connectivity index (χ3v) is 4.95. The van der Waals surface area contributed by atoms with E-state index in [9.17, 15) is 24.5 Å². The molecule has 2 aliphatic heterocycles. The summed E-state index contributed by atoms with van der Waals surface area (Å²) >= 11 is 0. The second-order valence-corrected chi connectivity index (χ2v) is 6.96. The number of aryl methyl sites for hydroxylation is 1. The Hall–Kier alpha value is -4.41. The van der Waals surface area contributed by atoms with Gasteiger partial charge < -0.3 is 20.1 Å². The van der Waals surface area contributed by atoms with Crippen LogP contribution in [0.1, 0.15) is 18.1 Å². The van der Waals surface area contributed by atoms with E-state index < -0.39 is 29.3 Å². The van der Waals surface area contributed by atoms with Crippen molar-refractivity contribution in [3.8, 4) is 11.5 Å². The Morgan fingerprint density at radius 2 is 1.97 bits per heavy atom. The summed E-state index contributed by atoms with van der Waals surface area (Å²) in [6.07, 6.45) is 1.87. The molecule has 0 aliphatic carbocycles.